The maximum Gasteiger partial charge on any atom is 0.331 e. The average molecular weight is 480 g/mol. The molecule has 1 saturated heterocycles. The molecule has 1 fully saturated rings. The van der Waals surface area contributed by atoms with Gasteiger partial charge in [-0.05, 0) is 20.3 Å². The Morgan fingerprint density at radius 3 is 1.97 bits per heavy atom. The van der Waals surface area contributed by atoms with Crippen molar-refractivity contribution < 1.29 is 23.8 Å². The Balaban J connectivity index is 2.08. The van der Waals surface area contributed by atoms with Crippen LogP contribution >= 0.6 is 0 Å². The SMILES string of the molecule is CCOC(=O)[C@@H](N=C(c1ccccc1)c1ccccc1)[C@@H](CC)[C@H]1C(=O)O[C@H](C(C)(C)C)O[C@@H]1C. The van der Waals surface area contributed by atoms with Crippen molar-refractivity contribution >= 4 is 17.7 Å². The lowest BCUT2D eigenvalue weighted by molar-refractivity contribution is -0.259. The molecule has 1 heterocycles. The second kappa shape index (κ2) is 11.6. The van der Waals surface area contributed by atoms with Gasteiger partial charge in [0, 0.05) is 22.5 Å². The van der Waals surface area contributed by atoms with Gasteiger partial charge < -0.3 is 14.2 Å². The fourth-order valence-corrected chi connectivity index (χ4v) is 4.46. The van der Waals surface area contributed by atoms with Crippen molar-refractivity contribution in [1.82, 2.24) is 0 Å². The minimum Gasteiger partial charge on any atom is -0.464 e. The number of ether oxygens (including phenoxy) is 3. The summed E-state index contributed by atoms with van der Waals surface area (Å²) in [7, 11) is 0. The van der Waals surface area contributed by atoms with Gasteiger partial charge in [-0.25, -0.2) is 4.79 Å². The Labute approximate surface area is 208 Å². The van der Waals surface area contributed by atoms with Gasteiger partial charge in [-0.1, -0.05) is 88.4 Å². The highest BCUT2D eigenvalue weighted by molar-refractivity contribution is 6.13. The first-order valence-electron chi connectivity index (χ1n) is 12.4. The number of nitrogens with zero attached hydrogens (tertiary/aromatic N) is 1. The Bertz CT molecular complexity index is 971. The highest BCUT2D eigenvalue weighted by Gasteiger charge is 2.48. The summed E-state index contributed by atoms with van der Waals surface area (Å²) >= 11 is 0. The molecule has 5 atom stereocenters. The molecule has 188 valence electrons. The molecule has 0 N–H and O–H groups in total. The van der Waals surface area contributed by atoms with Gasteiger partial charge in [0.2, 0.25) is 6.29 Å². The fraction of sp³-hybridized carbons (Fsp3) is 0.483. The summed E-state index contributed by atoms with van der Waals surface area (Å²) in [6.45, 7) is 11.7. The van der Waals surface area contributed by atoms with Crippen LogP contribution in [0.5, 0.6) is 0 Å². The molecule has 0 bridgehead atoms. The first-order valence-corrected chi connectivity index (χ1v) is 12.4. The molecule has 0 amide bonds. The summed E-state index contributed by atoms with van der Waals surface area (Å²) in [5, 5.41) is 0. The van der Waals surface area contributed by atoms with Gasteiger partial charge in [0.25, 0.3) is 0 Å². The lowest BCUT2D eigenvalue weighted by atomic mass is 9.79. The van der Waals surface area contributed by atoms with E-state index in [4.69, 9.17) is 19.2 Å². The van der Waals surface area contributed by atoms with Crippen LogP contribution in [0.2, 0.25) is 0 Å². The molecule has 0 radical (unpaired) electrons. The van der Waals surface area contributed by atoms with Crippen LogP contribution < -0.4 is 0 Å². The molecule has 0 saturated carbocycles. The molecule has 1 aliphatic heterocycles. The van der Waals surface area contributed by atoms with Gasteiger partial charge in [0.1, 0.15) is 0 Å². The number of aliphatic imine (C=N–C) groups is 1. The summed E-state index contributed by atoms with van der Waals surface area (Å²) in [6, 6.07) is 18.6. The Morgan fingerprint density at radius 1 is 1.00 bits per heavy atom. The number of rotatable bonds is 8. The maximum absolute atomic E-state index is 13.3. The van der Waals surface area contributed by atoms with Crippen molar-refractivity contribution in [3.8, 4) is 0 Å². The molecular weight excluding hydrogens is 442 g/mol. The zero-order valence-corrected chi connectivity index (χ0v) is 21.6. The zero-order valence-electron chi connectivity index (χ0n) is 21.6. The van der Waals surface area contributed by atoms with Crippen molar-refractivity contribution in [2.75, 3.05) is 6.61 Å². The van der Waals surface area contributed by atoms with Crippen LogP contribution in [0.3, 0.4) is 0 Å². The minimum absolute atomic E-state index is 0.223. The van der Waals surface area contributed by atoms with E-state index in [1.807, 2.05) is 95.3 Å². The van der Waals surface area contributed by atoms with E-state index in [9.17, 15) is 9.59 Å². The van der Waals surface area contributed by atoms with E-state index in [1.165, 1.54) is 0 Å². The molecule has 0 aliphatic carbocycles. The minimum atomic E-state index is -0.898. The van der Waals surface area contributed by atoms with Crippen LogP contribution in [-0.2, 0) is 23.8 Å². The number of hydrogen-bond acceptors (Lipinski definition) is 6. The first kappa shape index (κ1) is 26.6. The summed E-state index contributed by atoms with van der Waals surface area (Å²) in [5.74, 6) is -1.92. The number of carbonyl (C=O) groups is 2. The summed E-state index contributed by atoms with van der Waals surface area (Å²) in [5.41, 5.74) is 2.08. The second-order valence-electron chi connectivity index (χ2n) is 9.98. The quantitative estimate of drug-likeness (QED) is 0.373. The number of benzene rings is 2. The molecule has 3 rings (SSSR count). The van der Waals surface area contributed by atoms with Crippen LogP contribution in [0.4, 0.5) is 0 Å². The average Bonchev–Trinajstić information content (AvgIpc) is 2.83. The van der Waals surface area contributed by atoms with Crippen molar-refractivity contribution in [2.24, 2.45) is 22.2 Å². The van der Waals surface area contributed by atoms with E-state index in [0.29, 0.717) is 12.1 Å². The number of esters is 2. The Hall–Kier alpha value is -2.99. The molecule has 35 heavy (non-hydrogen) atoms. The fourth-order valence-electron chi connectivity index (χ4n) is 4.46. The molecule has 0 spiro atoms. The van der Waals surface area contributed by atoms with Crippen molar-refractivity contribution in [2.45, 2.75) is 66.4 Å². The molecule has 2 aromatic rings. The smallest absolute Gasteiger partial charge is 0.331 e. The Morgan fingerprint density at radius 2 is 1.54 bits per heavy atom. The van der Waals surface area contributed by atoms with E-state index in [2.05, 4.69) is 0 Å². The van der Waals surface area contributed by atoms with Crippen molar-refractivity contribution in [3.63, 3.8) is 0 Å². The molecule has 6 nitrogen and oxygen atoms in total. The molecule has 6 heteroatoms. The normalized spacial score (nSPS) is 22.0. The first-order chi connectivity index (χ1) is 16.7. The van der Waals surface area contributed by atoms with Gasteiger partial charge in [-0.3, -0.25) is 9.79 Å². The van der Waals surface area contributed by atoms with Crippen LogP contribution in [0.25, 0.3) is 0 Å². The maximum atomic E-state index is 13.3. The topological polar surface area (TPSA) is 74.2 Å². The Kier molecular flexibility index (Phi) is 8.84. The van der Waals surface area contributed by atoms with Crippen LogP contribution in [0.1, 0.15) is 59.1 Å². The predicted octanol–water partition coefficient (Wildman–Crippen LogP) is 5.43. The highest BCUT2D eigenvalue weighted by Crippen LogP contribution is 2.37. The summed E-state index contributed by atoms with van der Waals surface area (Å²) < 4.78 is 17.3. The third-order valence-corrected chi connectivity index (χ3v) is 6.28. The third-order valence-electron chi connectivity index (χ3n) is 6.28. The number of hydrogen-bond donors (Lipinski definition) is 0. The molecular formula is C29H37NO5. The molecule has 0 unspecified atom stereocenters. The molecule has 1 aliphatic rings. The van der Waals surface area contributed by atoms with Crippen LogP contribution in [0.15, 0.2) is 65.7 Å². The van der Waals surface area contributed by atoms with E-state index >= 15 is 0 Å². The van der Waals surface area contributed by atoms with Crippen LogP contribution in [0, 0.1) is 17.3 Å². The van der Waals surface area contributed by atoms with Gasteiger partial charge >= 0.3 is 11.9 Å². The van der Waals surface area contributed by atoms with E-state index in [1.54, 1.807) is 6.92 Å². The number of carbonyl (C=O) groups excluding carboxylic acids is 2. The number of cyclic esters (lactones) is 1. The highest BCUT2D eigenvalue weighted by atomic mass is 16.7. The van der Waals surface area contributed by atoms with Gasteiger partial charge in [-0.2, -0.15) is 0 Å². The largest absolute Gasteiger partial charge is 0.464 e. The van der Waals surface area contributed by atoms with Crippen LogP contribution in [-0.4, -0.2) is 42.7 Å². The van der Waals surface area contributed by atoms with E-state index < -0.39 is 36.2 Å². The van der Waals surface area contributed by atoms with Crippen molar-refractivity contribution in [1.29, 1.82) is 0 Å². The van der Waals surface area contributed by atoms with Gasteiger partial charge in [-0.15, -0.1) is 0 Å². The van der Waals surface area contributed by atoms with Crippen molar-refractivity contribution in [3.05, 3.63) is 71.8 Å². The summed E-state index contributed by atoms with van der Waals surface area (Å²) in [6.07, 6.45) is -0.556. The standard InChI is InChI=1S/C29H37NO5/c1-7-22(23-19(3)34-28(29(4,5)6)35-26(23)31)25(27(32)33-8-2)30-24(20-15-11-9-12-16-20)21-17-13-10-14-18-21/h9-19,22-23,25,28H,7-8H2,1-6H3/t19-,22+,23+,25+,28-/m1/s1. The van der Waals surface area contributed by atoms with E-state index in [0.717, 1.165) is 11.1 Å². The predicted molar refractivity (Wildman–Crippen MR) is 136 cm³/mol. The zero-order chi connectivity index (χ0) is 25.6. The lowest BCUT2D eigenvalue weighted by Gasteiger charge is -2.42. The lowest BCUT2D eigenvalue weighted by Crippen LogP contribution is -2.52. The second-order valence-corrected chi connectivity index (χ2v) is 9.98. The van der Waals surface area contributed by atoms with Gasteiger partial charge in [0.05, 0.1) is 24.3 Å². The monoisotopic (exact) mass is 479 g/mol. The summed E-state index contributed by atoms with van der Waals surface area (Å²) in [4.78, 5) is 31.6. The molecule has 0 aromatic heterocycles. The molecule has 2 aromatic carbocycles. The third kappa shape index (κ3) is 6.37. The van der Waals surface area contributed by atoms with Gasteiger partial charge in [0.15, 0.2) is 6.04 Å². The van der Waals surface area contributed by atoms with E-state index in [-0.39, 0.29) is 18.0 Å².